The number of nitrogens with two attached hydrogens (primary N) is 2. The summed E-state index contributed by atoms with van der Waals surface area (Å²) >= 11 is -0.250. The van der Waals surface area contributed by atoms with Gasteiger partial charge >= 0.3 is 59.1 Å². The SMILES string of the molecule is C=O.CC(=O)O.CC(=O)O.CC(=O)O.CC(=O)O.NCCN.OSO.[Fe].[H-].[H-].[Na+].[Na+]. The standard InChI is InChI=1S/C2H8N2.4C2H4O2.CH2O.Fe.2Na.H2O2S.2H/c3-1-2-4;4*1-2(3)4;1-2;;;;1-3-2;;/h1-4H2;4*1H3,(H,3,4);1H2;;;;1-2H;;/q;;;;;;;2*+1;;2*-1. The molecule has 0 saturated carbocycles. The summed E-state index contributed by atoms with van der Waals surface area (Å²) in [5.74, 6) is -3.33. The molecular weight excluding hydrogens is 470 g/mol. The molecule has 0 aromatic heterocycles. The average molecular weight is 500 g/mol. The van der Waals surface area contributed by atoms with Crippen LogP contribution in [0.25, 0.3) is 0 Å². The number of aliphatic carboxylic acids is 4. The molecule has 0 bridgehead atoms. The zero-order valence-corrected chi connectivity index (χ0v) is 22.7. The number of carbonyl (C=O) groups excluding carboxylic acids is 1. The maximum absolute atomic E-state index is 9.00. The molecule has 0 aliphatic rings. The van der Waals surface area contributed by atoms with Gasteiger partial charge in [0, 0.05) is 57.9 Å². The van der Waals surface area contributed by atoms with Crippen molar-refractivity contribution in [2.75, 3.05) is 13.1 Å². The Hall–Kier alpha value is 0.259. The molecular formula is C11H30FeN2Na2O11S. The van der Waals surface area contributed by atoms with E-state index in [1.54, 1.807) is 0 Å². The van der Waals surface area contributed by atoms with Gasteiger partial charge in [-0.05, 0) is 0 Å². The van der Waals surface area contributed by atoms with Crippen molar-refractivity contribution in [3.8, 4) is 0 Å². The number of hydrogen-bond acceptors (Lipinski definition) is 10. The number of carbonyl (C=O) groups is 5. The first-order valence-electron chi connectivity index (χ1n) is 5.68. The van der Waals surface area contributed by atoms with Crippen LogP contribution in [0.3, 0.4) is 0 Å². The Kier molecular flexibility index (Phi) is 182. The summed E-state index contributed by atoms with van der Waals surface area (Å²) < 4.78 is 14.1. The van der Waals surface area contributed by atoms with Gasteiger partial charge in [0.2, 0.25) is 0 Å². The summed E-state index contributed by atoms with van der Waals surface area (Å²) in [7, 11) is 0. The Balaban J connectivity index is -0.0000000124. The first-order valence-corrected chi connectivity index (χ1v) is 6.41. The quantitative estimate of drug-likeness (QED) is 0.123. The van der Waals surface area contributed by atoms with E-state index in [1.807, 2.05) is 6.79 Å². The van der Waals surface area contributed by atoms with Gasteiger partial charge < -0.3 is 48.6 Å². The predicted octanol–water partition coefficient (Wildman–Crippen LogP) is -6.02. The van der Waals surface area contributed by atoms with Gasteiger partial charge in [0.1, 0.15) is 6.79 Å². The van der Waals surface area contributed by atoms with Crippen LogP contribution in [0.4, 0.5) is 0 Å². The fraction of sp³-hybridized carbons (Fsp3) is 0.545. The Labute approximate surface area is 226 Å². The van der Waals surface area contributed by atoms with E-state index in [2.05, 4.69) is 0 Å². The topological polar surface area (TPSA) is 259 Å². The Morgan fingerprint density at radius 1 is 0.714 bits per heavy atom. The zero-order valence-electron chi connectivity index (χ0n) is 18.8. The maximum atomic E-state index is 9.00. The van der Waals surface area contributed by atoms with Gasteiger partial charge in [-0.1, -0.05) is 0 Å². The van der Waals surface area contributed by atoms with E-state index in [0.29, 0.717) is 13.1 Å². The number of rotatable bonds is 1. The molecule has 13 nitrogen and oxygen atoms in total. The second kappa shape index (κ2) is 80.7. The van der Waals surface area contributed by atoms with Crippen LogP contribution in [-0.2, 0) is 41.0 Å². The summed E-state index contributed by atoms with van der Waals surface area (Å²) in [6, 6.07) is 0. The Morgan fingerprint density at radius 3 is 0.750 bits per heavy atom. The zero-order chi connectivity index (χ0) is 22.4. The van der Waals surface area contributed by atoms with Crippen LogP contribution >= 0.6 is 12.3 Å². The van der Waals surface area contributed by atoms with E-state index in [1.165, 1.54) is 0 Å². The summed E-state index contributed by atoms with van der Waals surface area (Å²) in [6.45, 7) is 7.53. The molecule has 0 rings (SSSR count). The minimum absolute atomic E-state index is 0. The van der Waals surface area contributed by atoms with Gasteiger partial charge in [0.25, 0.3) is 23.9 Å². The monoisotopic (exact) mass is 500 g/mol. The Bertz CT molecular complexity index is 252. The third-order valence-electron chi connectivity index (χ3n) is 0.167. The second-order valence-electron chi connectivity index (χ2n) is 2.74. The van der Waals surface area contributed by atoms with E-state index < -0.39 is 23.9 Å². The van der Waals surface area contributed by atoms with Crippen molar-refractivity contribution in [1.29, 1.82) is 0 Å². The molecule has 28 heavy (non-hydrogen) atoms. The number of carboxylic acid groups (broad SMARTS) is 4. The maximum Gasteiger partial charge on any atom is 1.00 e. The van der Waals surface area contributed by atoms with Crippen LogP contribution in [0, 0.1) is 0 Å². The first-order chi connectivity index (χ1) is 11.3. The van der Waals surface area contributed by atoms with Gasteiger partial charge in [-0.3, -0.25) is 19.2 Å². The first kappa shape index (κ1) is 63.0. The molecule has 0 atom stereocenters. The van der Waals surface area contributed by atoms with Gasteiger partial charge in [-0.15, -0.1) is 0 Å². The van der Waals surface area contributed by atoms with E-state index in [0.717, 1.165) is 27.7 Å². The summed E-state index contributed by atoms with van der Waals surface area (Å²) in [5, 5.41) is 29.7. The molecule has 0 aliphatic heterocycles. The molecule has 17 heteroatoms. The predicted molar refractivity (Wildman–Crippen MR) is 93.5 cm³/mol. The summed E-state index contributed by atoms with van der Waals surface area (Å²) in [4.78, 5) is 44.0. The van der Waals surface area contributed by atoms with Gasteiger partial charge in [-0.25, -0.2) is 0 Å². The third-order valence-corrected chi connectivity index (χ3v) is 0.167. The largest absolute Gasteiger partial charge is 1.00 e. The van der Waals surface area contributed by atoms with Crippen LogP contribution in [0.5, 0.6) is 0 Å². The fourth-order valence-electron chi connectivity index (χ4n) is 0. The van der Waals surface area contributed by atoms with Crippen LogP contribution in [0.1, 0.15) is 30.5 Å². The second-order valence-corrected chi connectivity index (χ2v) is 2.90. The molecule has 0 aromatic carbocycles. The van der Waals surface area contributed by atoms with Crippen LogP contribution in [0.15, 0.2) is 0 Å². The fourth-order valence-corrected chi connectivity index (χ4v) is 0. The van der Waals surface area contributed by atoms with E-state index in [-0.39, 0.29) is 91.4 Å². The molecule has 0 unspecified atom stereocenters. The van der Waals surface area contributed by atoms with Gasteiger partial charge in [-0.2, -0.15) is 0 Å². The normalized spacial score (nSPS) is 5.43. The molecule has 0 amide bonds. The van der Waals surface area contributed by atoms with Crippen molar-refractivity contribution in [1.82, 2.24) is 0 Å². The third kappa shape index (κ3) is 10600. The molecule has 10 N–H and O–H groups in total. The molecule has 0 heterocycles. The average Bonchev–Trinajstić information content (AvgIpc) is 2.39. The van der Waals surface area contributed by atoms with E-state index in [4.69, 9.17) is 65.0 Å². The minimum Gasteiger partial charge on any atom is -1.00 e. The Morgan fingerprint density at radius 2 is 0.750 bits per heavy atom. The van der Waals surface area contributed by atoms with Crippen molar-refractivity contribution < 1.29 is 133 Å². The summed E-state index contributed by atoms with van der Waals surface area (Å²) in [5.41, 5.74) is 9.81. The summed E-state index contributed by atoms with van der Waals surface area (Å²) in [6.07, 6.45) is 0. The van der Waals surface area contributed by atoms with Gasteiger partial charge in [0.15, 0.2) is 12.3 Å². The van der Waals surface area contributed by atoms with E-state index >= 15 is 0 Å². The smallest absolute Gasteiger partial charge is 1.00 e. The molecule has 0 spiro atoms. The molecule has 0 aliphatic carbocycles. The van der Waals surface area contributed by atoms with Crippen LogP contribution < -0.4 is 70.6 Å². The van der Waals surface area contributed by atoms with Crippen molar-refractivity contribution in [3.63, 3.8) is 0 Å². The molecule has 0 aromatic rings. The molecule has 0 fully saturated rings. The number of hydrogen-bond donors (Lipinski definition) is 8. The molecule has 0 saturated heterocycles. The molecule has 0 radical (unpaired) electrons. The van der Waals surface area contributed by atoms with Crippen molar-refractivity contribution in [2.24, 2.45) is 11.5 Å². The minimum atomic E-state index is -0.833. The van der Waals surface area contributed by atoms with Crippen molar-refractivity contribution in [3.05, 3.63) is 0 Å². The van der Waals surface area contributed by atoms with E-state index in [9.17, 15) is 0 Å². The van der Waals surface area contributed by atoms with Crippen molar-refractivity contribution >= 4 is 43.0 Å². The van der Waals surface area contributed by atoms with Gasteiger partial charge in [0.05, 0.1) is 0 Å². The van der Waals surface area contributed by atoms with Crippen molar-refractivity contribution in [2.45, 2.75) is 27.7 Å². The number of carboxylic acids is 4. The van der Waals surface area contributed by atoms with Crippen LogP contribution in [-0.4, -0.2) is 73.3 Å². The molecule has 166 valence electrons. The van der Waals surface area contributed by atoms with Crippen LogP contribution in [0.2, 0.25) is 0 Å².